The summed E-state index contributed by atoms with van der Waals surface area (Å²) in [5.41, 5.74) is 0.950. The van der Waals surface area contributed by atoms with Gasteiger partial charge in [-0.3, -0.25) is 4.79 Å². The average Bonchev–Trinajstić information content (AvgIpc) is 2.47. The van der Waals surface area contributed by atoms with Gasteiger partial charge >= 0.3 is 0 Å². The zero-order valence-electron chi connectivity index (χ0n) is 6.86. The van der Waals surface area contributed by atoms with Gasteiger partial charge in [0.05, 0.1) is 0 Å². The SMILES string of the molecule is O=C1CN(c2ccccc2)C(=S)N1. The Balaban J connectivity index is 2.28. The second-order valence-corrected chi connectivity index (χ2v) is 3.16. The van der Waals surface area contributed by atoms with Crippen molar-refractivity contribution in [2.24, 2.45) is 0 Å². The number of benzene rings is 1. The van der Waals surface area contributed by atoms with Gasteiger partial charge in [0.25, 0.3) is 0 Å². The van der Waals surface area contributed by atoms with Crippen molar-refractivity contribution in [1.82, 2.24) is 5.32 Å². The number of rotatable bonds is 1. The molecule has 1 aromatic carbocycles. The van der Waals surface area contributed by atoms with E-state index in [0.717, 1.165) is 5.69 Å². The Kier molecular flexibility index (Phi) is 1.98. The molecule has 4 heteroatoms. The van der Waals surface area contributed by atoms with E-state index < -0.39 is 0 Å². The van der Waals surface area contributed by atoms with E-state index in [0.29, 0.717) is 11.7 Å². The lowest BCUT2D eigenvalue weighted by molar-refractivity contribution is -0.117. The van der Waals surface area contributed by atoms with Crippen molar-refractivity contribution < 1.29 is 4.79 Å². The van der Waals surface area contributed by atoms with Crippen molar-refractivity contribution in [3.8, 4) is 0 Å². The van der Waals surface area contributed by atoms with Gasteiger partial charge in [0.1, 0.15) is 6.54 Å². The molecule has 0 aliphatic carbocycles. The second-order valence-electron chi connectivity index (χ2n) is 2.78. The first-order valence-corrected chi connectivity index (χ1v) is 4.34. The highest BCUT2D eigenvalue weighted by Gasteiger charge is 2.23. The Morgan fingerprint density at radius 3 is 2.54 bits per heavy atom. The molecule has 1 fully saturated rings. The summed E-state index contributed by atoms with van der Waals surface area (Å²) in [5.74, 6) is -0.0474. The number of carbonyl (C=O) groups excluding carboxylic acids is 1. The van der Waals surface area contributed by atoms with Gasteiger partial charge in [-0.2, -0.15) is 0 Å². The smallest absolute Gasteiger partial charge is 0.246 e. The number of amides is 1. The van der Waals surface area contributed by atoms with Crippen LogP contribution in [0, 0.1) is 0 Å². The predicted molar refractivity (Wildman–Crippen MR) is 54.5 cm³/mol. The molecule has 13 heavy (non-hydrogen) atoms. The fourth-order valence-corrected chi connectivity index (χ4v) is 1.54. The van der Waals surface area contributed by atoms with Crippen LogP contribution in [-0.4, -0.2) is 17.6 Å². The van der Waals surface area contributed by atoms with E-state index in [1.807, 2.05) is 30.3 Å². The Hall–Kier alpha value is -1.42. The molecule has 2 rings (SSSR count). The van der Waals surface area contributed by atoms with Gasteiger partial charge in [0, 0.05) is 5.69 Å². The zero-order chi connectivity index (χ0) is 9.26. The summed E-state index contributed by atoms with van der Waals surface area (Å²) in [6.45, 7) is 0.322. The molecule has 66 valence electrons. The monoisotopic (exact) mass is 192 g/mol. The van der Waals surface area contributed by atoms with Crippen molar-refractivity contribution in [2.45, 2.75) is 0 Å². The maximum absolute atomic E-state index is 11.0. The van der Waals surface area contributed by atoms with Crippen molar-refractivity contribution in [3.05, 3.63) is 30.3 Å². The largest absolute Gasteiger partial charge is 0.309 e. The highest BCUT2D eigenvalue weighted by molar-refractivity contribution is 7.80. The first-order valence-electron chi connectivity index (χ1n) is 3.94. The van der Waals surface area contributed by atoms with Crippen LogP contribution in [-0.2, 0) is 4.79 Å². The number of hydrogen-bond donors (Lipinski definition) is 1. The summed E-state index contributed by atoms with van der Waals surface area (Å²) in [4.78, 5) is 12.8. The first kappa shape index (κ1) is 8.19. The first-order chi connectivity index (χ1) is 6.27. The fraction of sp³-hybridized carbons (Fsp3) is 0.111. The number of nitrogens with one attached hydrogen (secondary N) is 1. The lowest BCUT2D eigenvalue weighted by atomic mass is 10.3. The van der Waals surface area contributed by atoms with Gasteiger partial charge in [0.15, 0.2) is 5.11 Å². The quantitative estimate of drug-likeness (QED) is 0.671. The molecule has 1 heterocycles. The highest BCUT2D eigenvalue weighted by Crippen LogP contribution is 2.15. The van der Waals surface area contributed by atoms with E-state index in [2.05, 4.69) is 5.32 Å². The Morgan fingerprint density at radius 1 is 1.31 bits per heavy atom. The lowest BCUT2D eigenvalue weighted by Crippen LogP contribution is -2.27. The standard InChI is InChI=1S/C9H8N2OS/c12-8-6-11(9(13)10-8)7-4-2-1-3-5-7/h1-5H,6H2,(H,10,12,13). The summed E-state index contributed by atoms with van der Waals surface area (Å²) in [6, 6.07) is 9.61. The highest BCUT2D eigenvalue weighted by atomic mass is 32.1. The van der Waals surface area contributed by atoms with Crippen molar-refractivity contribution in [3.63, 3.8) is 0 Å². The maximum Gasteiger partial charge on any atom is 0.246 e. The molecule has 1 saturated heterocycles. The van der Waals surface area contributed by atoms with Gasteiger partial charge in [-0.15, -0.1) is 0 Å². The summed E-state index contributed by atoms with van der Waals surface area (Å²) in [7, 11) is 0. The molecule has 0 aromatic heterocycles. The van der Waals surface area contributed by atoms with Crippen molar-refractivity contribution in [2.75, 3.05) is 11.4 Å². The van der Waals surface area contributed by atoms with E-state index in [1.165, 1.54) is 0 Å². The molecule has 1 N–H and O–H groups in total. The van der Waals surface area contributed by atoms with Gasteiger partial charge < -0.3 is 10.2 Å². The van der Waals surface area contributed by atoms with E-state index in [-0.39, 0.29) is 5.91 Å². The molecule has 1 aliphatic heterocycles. The molecule has 0 unspecified atom stereocenters. The third kappa shape index (κ3) is 1.53. The van der Waals surface area contributed by atoms with Crippen LogP contribution in [0.5, 0.6) is 0 Å². The average molecular weight is 192 g/mol. The number of nitrogens with zero attached hydrogens (tertiary/aromatic N) is 1. The zero-order valence-corrected chi connectivity index (χ0v) is 7.67. The second kappa shape index (κ2) is 3.14. The molecule has 3 nitrogen and oxygen atoms in total. The van der Waals surface area contributed by atoms with Crippen LogP contribution in [0.25, 0.3) is 0 Å². The third-order valence-corrected chi connectivity index (χ3v) is 2.18. The summed E-state index contributed by atoms with van der Waals surface area (Å²) >= 11 is 4.99. The van der Waals surface area contributed by atoms with Crippen LogP contribution < -0.4 is 10.2 Å². The van der Waals surface area contributed by atoms with E-state index in [9.17, 15) is 4.79 Å². The van der Waals surface area contributed by atoms with Gasteiger partial charge in [0.2, 0.25) is 5.91 Å². The van der Waals surface area contributed by atoms with Gasteiger partial charge in [-0.1, -0.05) is 18.2 Å². The van der Waals surface area contributed by atoms with Crippen LogP contribution >= 0.6 is 12.2 Å². The number of anilines is 1. The molecular weight excluding hydrogens is 184 g/mol. The minimum absolute atomic E-state index is 0.0474. The summed E-state index contributed by atoms with van der Waals surface area (Å²) in [6.07, 6.45) is 0. The minimum Gasteiger partial charge on any atom is -0.309 e. The van der Waals surface area contributed by atoms with Crippen LogP contribution in [0.2, 0.25) is 0 Å². The summed E-state index contributed by atoms with van der Waals surface area (Å²) in [5, 5.41) is 3.07. The van der Waals surface area contributed by atoms with Gasteiger partial charge in [-0.05, 0) is 24.4 Å². The molecule has 0 atom stereocenters. The van der Waals surface area contributed by atoms with Crippen molar-refractivity contribution >= 4 is 28.9 Å². The minimum atomic E-state index is -0.0474. The number of hydrogen-bond acceptors (Lipinski definition) is 2. The molecule has 0 spiro atoms. The molecule has 1 aromatic rings. The van der Waals surface area contributed by atoms with Crippen LogP contribution in [0.3, 0.4) is 0 Å². The van der Waals surface area contributed by atoms with Gasteiger partial charge in [-0.25, -0.2) is 0 Å². The normalized spacial score (nSPS) is 16.2. The summed E-state index contributed by atoms with van der Waals surface area (Å²) < 4.78 is 0. The van der Waals surface area contributed by atoms with E-state index in [1.54, 1.807) is 4.90 Å². The number of carbonyl (C=O) groups is 1. The molecule has 1 amide bonds. The maximum atomic E-state index is 11.0. The van der Waals surface area contributed by atoms with Crippen molar-refractivity contribution in [1.29, 1.82) is 0 Å². The Morgan fingerprint density at radius 2 is 2.00 bits per heavy atom. The van der Waals surface area contributed by atoms with Crippen LogP contribution in [0.4, 0.5) is 5.69 Å². The lowest BCUT2D eigenvalue weighted by Gasteiger charge is -2.14. The Labute approximate surface area is 81.4 Å². The van der Waals surface area contributed by atoms with E-state index in [4.69, 9.17) is 12.2 Å². The number of para-hydroxylation sites is 1. The molecular formula is C9H8N2OS. The van der Waals surface area contributed by atoms with E-state index >= 15 is 0 Å². The predicted octanol–water partition coefficient (Wildman–Crippen LogP) is 0.908. The van der Waals surface area contributed by atoms with Crippen LogP contribution in [0.1, 0.15) is 0 Å². The molecule has 0 saturated carbocycles. The Bertz CT molecular complexity index is 350. The molecule has 0 radical (unpaired) electrons. The third-order valence-electron chi connectivity index (χ3n) is 1.86. The fourth-order valence-electron chi connectivity index (χ4n) is 1.26. The molecule has 1 aliphatic rings. The molecule has 0 bridgehead atoms. The topological polar surface area (TPSA) is 32.3 Å². The number of thiocarbonyl (C=S) groups is 1. The van der Waals surface area contributed by atoms with Crippen LogP contribution in [0.15, 0.2) is 30.3 Å².